The fraction of sp³-hybridized carbons (Fsp3) is 0.750. The third kappa shape index (κ3) is 4.83. The first kappa shape index (κ1) is 14.6. The molecule has 0 fully saturated rings. The number of aryl methyl sites for hydroxylation is 1. The van der Waals surface area contributed by atoms with Gasteiger partial charge in [0.15, 0.2) is 5.82 Å². The molecule has 0 spiro atoms. The minimum atomic E-state index is -0.411. The lowest BCUT2D eigenvalue weighted by Crippen LogP contribution is -2.24. The number of aromatic amines is 1. The summed E-state index contributed by atoms with van der Waals surface area (Å²) in [6.07, 6.45) is 2.20. The maximum atomic E-state index is 11.0. The molecular weight excluding hydrogens is 230 g/mol. The number of nitrogens with one attached hydrogen (secondary N) is 2. The zero-order valence-electron chi connectivity index (χ0n) is 11.5. The standard InChI is InChI=1S/C12H23N5O/c1-4-17(5-2)9-7-6-8-13-11-10(3)15-16-12(18)14-11/h4-9H2,1-3H3,(H2,13,14,16,18). The van der Waals surface area contributed by atoms with Crippen LogP contribution in [0.3, 0.4) is 0 Å². The van der Waals surface area contributed by atoms with Crippen LogP contribution in [-0.4, -0.2) is 46.3 Å². The van der Waals surface area contributed by atoms with E-state index in [0.717, 1.165) is 44.7 Å². The van der Waals surface area contributed by atoms with E-state index in [0.29, 0.717) is 5.82 Å². The van der Waals surface area contributed by atoms with Crippen LogP contribution in [0.2, 0.25) is 0 Å². The molecule has 0 aliphatic rings. The topological polar surface area (TPSA) is 73.9 Å². The van der Waals surface area contributed by atoms with Crippen molar-refractivity contribution in [2.75, 3.05) is 31.5 Å². The highest BCUT2D eigenvalue weighted by Gasteiger charge is 2.02. The Bertz CT molecular complexity index is 400. The third-order valence-electron chi connectivity index (χ3n) is 2.96. The second-order valence-electron chi connectivity index (χ2n) is 4.24. The van der Waals surface area contributed by atoms with Gasteiger partial charge in [-0.05, 0) is 39.4 Å². The molecule has 102 valence electrons. The normalized spacial score (nSPS) is 10.9. The molecule has 1 aromatic rings. The molecule has 0 aliphatic carbocycles. The van der Waals surface area contributed by atoms with Crippen molar-refractivity contribution in [3.05, 3.63) is 16.2 Å². The van der Waals surface area contributed by atoms with Crippen LogP contribution in [-0.2, 0) is 0 Å². The van der Waals surface area contributed by atoms with Gasteiger partial charge in [0, 0.05) is 6.54 Å². The molecule has 0 saturated carbocycles. The second-order valence-corrected chi connectivity index (χ2v) is 4.24. The van der Waals surface area contributed by atoms with Crippen molar-refractivity contribution in [2.45, 2.75) is 33.6 Å². The fourth-order valence-electron chi connectivity index (χ4n) is 1.77. The van der Waals surface area contributed by atoms with E-state index in [4.69, 9.17) is 0 Å². The highest BCUT2D eigenvalue weighted by Crippen LogP contribution is 2.03. The Kier molecular flexibility index (Phi) is 6.35. The summed E-state index contributed by atoms with van der Waals surface area (Å²) in [6, 6.07) is 0. The summed E-state index contributed by atoms with van der Waals surface area (Å²) < 4.78 is 0. The van der Waals surface area contributed by atoms with E-state index in [1.807, 2.05) is 6.92 Å². The average molecular weight is 253 g/mol. The minimum absolute atomic E-state index is 0.411. The lowest BCUT2D eigenvalue weighted by molar-refractivity contribution is 0.298. The Morgan fingerprint density at radius 3 is 2.67 bits per heavy atom. The number of anilines is 1. The zero-order chi connectivity index (χ0) is 13.4. The molecule has 18 heavy (non-hydrogen) atoms. The molecule has 0 unspecified atom stereocenters. The Hall–Kier alpha value is -1.43. The van der Waals surface area contributed by atoms with Crippen LogP contribution in [0.5, 0.6) is 0 Å². The lowest BCUT2D eigenvalue weighted by atomic mass is 10.3. The first-order valence-electron chi connectivity index (χ1n) is 6.57. The Morgan fingerprint density at radius 2 is 2.00 bits per heavy atom. The molecule has 2 N–H and O–H groups in total. The van der Waals surface area contributed by atoms with Crippen molar-refractivity contribution >= 4 is 5.82 Å². The van der Waals surface area contributed by atoms with E-state index in [1.54, 1.807) is 0 Å². The van der Waals surface area contributed by atoms with E-state index in [9.17, 15) is 4.79 Å². The highest BCUT2D eigenvalue weighted by molar-refractivity contribution is 5.37. The number of unbranched alkanes of at least 4 members (excludes halogenated alkanes) is 1. The molecule has 1 heterocycles. The predicted octanol–water partition coefficient (Wildman–Crippen LogP) is 1.01. The SMILES string of the molecule is CCN(CC)CCCCNc1nc(=O)[nH]nc1C. The number of nitrogens with zero attached hydrogens (tertiary/aromatic N) is 3. The van der Waals surface area contributed by atoms with E-state index >= 15 is 0 Å². The maximum Gasteiger partial charge on any atom is 0.363 e. The van der Waals surface area contributed by atoms with E-state index in [1.165, 1.54) is 0 Å². The number of aromatic nitrogens is 3. The Balaban J connectivity index is 2.25. The van der Waals surface area contributed by atoms with Gasteiger partial charge in [0.1, 0.15) is 5.69 Å². The molecule has 0 amide bonds. The van der Waals surface area contributed by atoms with Crippen molar-refractivity contribution in [3.8, 4) is 0 Å². The predicted molar refractivity (Wildman–Crippen MR) is 72.9 cm³/mol. The Morgan fingerprint density at radius 1 is 1.28 bits per heavy atom. The molecule has 1 rings (SSSR count). The Labute approximate surface area is 108 Å². The van der Waals surface area contributed by atoms with Gasteiger partial charge < -0.3 is 10.2 Å². The monoisotopic (exact) mass is 253 g/mol. The van der Waals surface area contributed by atoms with Gasteiger partial charge in [0.05, 0.1) is 0 Å². The van der Waals surface area contributed by atoms with Gasteiger partial charge in [0.25, 0.3) is 0 Å². The second kappa shape index (κ2) is 7.81. The largest absolute Gasteiger partial charge is 0.368 e. The smallest absolute Gasteiger partial charge is 0.363 e. The van der Waals surface area contributed by atoms with Crippen LogP contribution in [0, 0.1) is 6.92 Å². The van der Waals surface area contributed by atoms with Crippen molar-refractivity contribution in [1.29, 1.82) is 0 Å². The van der Waals surface area contributed by atoms with Crippen molar-refractivity contribution < 1.29 is 0 Å². The molecule has 6 nitrogen and oxygen atoms in total. The summed E-state index contributed by atoms with van der Waals surface area (Å²) in [5.41, 5.74) is 0.310. The summed E-state index contributed by atoms with van der Waals surface area (Å²) in [7, 11) is 0. The molecule has 0 saturated heterocycles. The third-order valence-corrected chi connectivity index (χ3v) is 2.96. The molecule has 0 aromatic carbocycles. The van der Waals surface area contributed by atoms with Crippen LogP contribution >= 0.6 is 0 Å². The van der Waals surface area contributed by atoms with Gasteiger partial charge in [0.2, 0.25) is 0 Å². The van der Waals surface area contributed by atoms with Crippen LogP contribution in [0.25, 0.3) is 0 Å². The van der Waals surface area contributed by atoms with Crippen molar-refractivity contribution in [2.24, 2.45) is 0 Å². The number of hydrogen-bond acceptors (Lipinski definition) is 5. The molecule has 1 aromatic heterocycles. The maximum absolute atomic E-state index is 11.0. The zero-order valence-corrected chi connectivity index (χ0v) is 11.5. The first-order valence-corrected chi connectivity index (χ1v) is 6.57. The highest BCUT2D eigenvalue weighted by atomic mass is 16.1. The van der Waals surface area contributed by atoms with Gasteiger partial charge in [-0.2, -0.15) is 10.1 Å². The summed E-state index contributed by atoms with van der Waals surface area (Å²) in [6.45, 7) is 10.3. The number of rotatable bonds is 8. The van der Waals surface area contributed by atoms with Gasteiger partial charge in [-0.3, -0.25) is 0 Å². The van der Waals surface area contributed by atoms with Gasteiger partial charge in [-0.25, -0.2) is 9.89 Å². The van der Waals surface area contributed by atoms with Crippen LogP contribution in [0.1, 0.15) is 32.4 Å². The number of H-pyrrole nitrogens is 1. The van der Waals surface area contributed by atoms with Crippen LogP contribution in [0.4, 0.5) is 5.82 Å². The van der Waals surface area contributed by atoms with Gasteiger partial charge in [-0.1, -0.05) is 13.8 Å². The molecule has 0 radical (unpaired) electrons. The van der Waals surface area contributed by atoms with Crippen molar-refractivity contribution in [3.63, 3.8) is 0 Å². The van der Waals surface area contributed by atoms with Crippen molar-refractivity contribution in [1.82, 2.24) is 20.1 Å². The minimum Gasteiger partial charge on any atom is -0.368 e. The van der Waals surface area contributed by atoms with Crippen LogP contribution in [0.15, 0.2) is 4.79 Å². The lowest BCUT2D eigenvalue weighted by Gasteiger charge is -2.17. The van der Waals surface area contributed by atoms with E-state index in [-0.39, 0.29) is 0 Å². The fourth-order valence-corrected chi connectivity index (χ4v) is 1.77. The molecule has 0 atom stereocenters. The van der Waals surface area contributed by atoms with Crippen LogP contribution < -0.4 is 11.0 Å². The summed E-state index contributed by atoms with van der Waals surface area (Å²) in [5, 5.41) is 9.32. The summed E-state index contributed by atoms with van der Waals surface area (Å²) >= 11 is 0. The summed E-state index contributed by atoms with van der Waals surface area (Å²) in [5.74, 6) is 0.585. The van der Waals surface area contributed by atoms with Gasteiger partial charge >= 0.3 is 5.69 Å². The molecule has 6 heteroatoms. The number of hydrogen-bond donors (Lipinski definition) is 2. The summed E-state index contributed by atoms with van der Waals surface area (Å²) in [4.78, 5) is 17.3. The molecular formula is C12H23N5O. The van der Waals surface area contributed by atoms with Gasteiger partial charge in [-0.15, -0.1) is 0 Å². The van der Waals surface area contributed by atoms with E-state index in [2.05, 4.69) is 39.2 Å². The quantitative estimate of drug-likeness (QED) is 0.676. The molecule has 0 aliphatic heterocycles. The first-order chi connectivity index (χ1) is 8.67. The van der Waals surface area contributed by atoms with E-state index < -0.39 is 5.69 Å². The molecule has 0 bridgehead atoms. The average Bonchev–Trinajstić information content (AvgIpc) is 2.38.